The summed E-state index contributed by atoms with van der Waals surface area (Å²) in [6.07, 6.45) is 11.9. The highest BCUT2D eigenvalue weighted by Gasteiger charge is 2.29. The van der Waals surface area contributed by atoms with Crippen molar-refractivity contribution in [3.8, 4) is 0 Å². The highest BCUT2D eigenvalue weighted by atomic mass is 127. The van der Waals surface area contributed by atoms with E-state index in [2.05, 4.69) is 46.1 Å². The number of hydrogen-bond donors (Lipinski definition) is 16. The Hall–Kier alpha value is -6.93. The van der Waals surface area contributed by atoms with Gasteiger partial charge in [0, 0.05) is 81.0 Å². The van der Waals surface area contributed by atoms with E-state index in [-0.39, 0.29) is 117 Å². The monoisotopic (exact) mass is 1470 g/mol. The average molecular weight is 1480 g/mol. The summed E-state index contributed by atoms with van der Waals surface area (Å²) in [5, 5.41) is 76.1. The van der Waals surface area contributed by atoms with Crippen LogP contribution in [0.25, 0.3) is 0 Å². The summed E-state index contributed by atoms with van der Waals surface area (Å²) >= 11 is 1.77. The molecule has 34 nitrogen and oxygen atoms in total. The standard InChI is InChI=1S/C60H103IN10O24/c1-40(72)54(55(62)82)70-56(83)41(71-61)18-16-17-29-63-46(73)25-21-42(57(84)85)67-50(77)28-24-45(60(90)91)69-52(79)39-95-37-35-93-33-31-65-51(78)38-94-36-34-92-32-30-64-47(74)26-22-43(58(86)87)68-49(76)27-23-44(59(88)89)66-48(75)19-14-12-10-8-6-4-2-3-5-7-9-11-13-15-20-53(80)81/h40-45,54,71-72H,2-39H2,1H3,(H2,62,82)(H,63,73)(H,64,74)(H,65,78)(H,66,75)(H,67,77)(H,68,76)(H,69,79)(H,70,83)(H,80,81)(H,84,85)(H,86,87)(H,88,89)(H,90,91)/t40?,41-,42-,43-,44?,45-,54-/m0/s1. The Labute approximate surface area is 567 Å². The van der Waals surface area contributed by atoms with Gasteiger partial charge in [0.2, 0.25) is 53.2 Å². The van der Waals surface area contributed by atoms with Crippen LogP contribution in [0.5, 0.6) is 0 Å². The van der Waals surface area contributed by atoms with Gasteiger partial charge in [-0.1, -0.05) is 77.0 Å². The Morgan fingerprint density at radius 3 is 1.07 bits per heavy atom. The van der Waals surface area contributed by atoms with E-state index in [0.29, 0.717) is 25.7 Å². The number of ether oxygens (including phenoxy) is 4. The van der Waals surface area contributed by atoms with Crippen LogP contribution in [0.2, 0.25) is 0 Å². The van der Waals surface area contributed by atoms with Gasteiger partial charge >= 0.3 is 29.8 Å². The lowest BCUT2D eigenvalue weighted by molar-refractivity contribution is -0.144. The number of aliphatic carboxylic acids is 5. The Balaban J connectivity index is 4.18. The first-order chi connectivity index (χ1) is 45.3. The highest BCUT2D eigenvalue weighted by molar-refractivity contribution is 14.1. The second-order valence-electron chi connectivity index (χ2n) is 22.5. The van der Waals surface area contributed by atoms with Gasteiger partial charge in [0.1, 0.15) is 43.4 Å². The van der Waals surface area contributed by atoms with Gasteiger partial charge in [0.25, 0.3) is 0 Å². The number of carbonyl (C=O) groups is 14. The maximum Gasteiger partial charge on any atom is 0.326 e. The maximum absolute atomic E-state index is 12.6. The zero-order valence-corrected chi connectivity index (χ0v) is 56.6. The normalized spacial score (nSPS) is 13.3. The molecule has 0 aliphatic carbocycles. The number of nitrogens with one attached hydrogen (secondary N) is 9. The molecule has 0 aliphatic heterocycles. The van der Waals surface area contributed by atoms with Gasteiger partial charge in [-0.15, -0.1) is 0 Å². The van der Waals surface area contributed by atoms with E-state index in [1.54, 1.807) is 22.9 Å². The van der Waals surface area contributed by atoms with Crippen LogP contribution in [0.4, 0.5) is 0 Å². The van der Waals surface area contributed by atoms with E-state index >= 15 is 0 Å². The quantitative estimate of drug-likeness (QED) is 0.0216. The number of carboxylic acids is 5. The van der Waals surface area contributed by atoms with Crippen LogP contribution in [0.3, 0.4) is 0 Å². The molecule has 95 heavy (non-hydrogen) atoms. The van der Waals surface area contributed by atoms with Crippen molar-refractivity contribution in [2.45, 2.75) is 223 Å². The smallest absolute Gasteiger partial charge is 0.326 e. The third kappa shape index (κ3) is 50.2. The van der Waals surface area contributed by atoms with Gasteiger partial charge in [-0.2, -0.15) is 0 Å². The minimum Gasteiger partial charge on any atom is -0.481 e. The Bertz CT molecular complexity index is 2340. The third-order valence-electron chi connectivity index (χ3n) is 14.3. The molecular formula is C60H103IN10O24. The van der Waals surface area contributed by atoms with Crippen molar-refractivity contribution in [3.05, 3.63) is 0 Å². The number of carboxylic acid groups (broad SMARTS) is 5. The molecule has 0 saturated heterocycles. The van der Waals surface area contributed by atoms with E-state index in [1.165, 1.54) is 32.6 Å². The van der Waals surface area contributed by atoms with Crippen LogP contribution in [0.15, 0.2) is 0 Å². The summed E-state index contributed by atoms with van der Waals surface area (Å²) in [4.78, 5) is 169. The summed E-state index contributed by atoms with van der Waals surface area (Å²) in [7, 11) is 0. The number of carbonyl (C=O) groups excluding carboxylic acids is 9. The first-order valence-corrected chi connectivity index (χ1v) is 33.4. The summed E-state index contributed by atoms with van der Waals surface area (Å²) in [6, 6.07) is -7.81. The van der Waals surface area contributed by atoms with Crippen LogP contribution in [0, 0.1) is 0 Å². The second kappa shape index (κ2) is 56.3. The Morgan fingerprint density at radius 1 is 0.358 bits per heavy atom. The molecule has 9 amide bonds. The molecule has 0 aromatic carbocycles. The Morgan fingerprint density at radius 2 is 0.695 bits per heavy atom. The lowest BCUT2D eigenvalue weighted by Gasteiger charge is -2.21. The molecule has 0 aromatic rings. The topological polar surface area (TPSA) is 532 Å². The van der Waals surface area contributed by atoms with Gasteiger partial charge in [0.15, 0.2) is 0 Å². The maximum atomic E-state index is 12.6. The molecular weight excluding hydrogens is 1370 g/mol. The molecule has 0 aromatic heterocycles. The molecule has 544 valence electrons. The van der Waals surface area contributed by atoms with Crippen molar-refractivity contribution in [3.63, 3.8) is 0 Å². The molecule has 0 spiro atoms. The first kappa shape index (κ1) is 88.1. The molecule has 0 heterocycles. The fraction of sp³-hybridized carbons (Fsp3) is 0.767. The van der Waals surface area contributed by atoms with Gasteiger partial charge in [-0.3, -0.25) is 47.9 Å². The lowest BCUT2D eigenvalue weighted by Crippen LogP contribution is -2.54. The number of nitrogens with two attached hydrogens (primary N) is 1. The predicted octanol–water partition coefficient (Wildman–Crippen LogP) is -0.0446. The number of primary amides is 1. The van der Waals surface area contributed by atoms with Crippen LogP contribution in [-0.2, 0) is 86.1 Å². The number of rotatable bonds is 63. The third-order valence-corrected chi connectivity index (χ3v) is 15.1. The van der Waals surface area contributed by atoms with Gasteiger partial charge in [0.05, 0.1) is 51.8 Å². The number of aliphatic hydroxyl groups is 1. The van der Waals surface area contributed by atoms with E-state index < -0.39 is 145 Å². The molecule has 7 atom stereocenters. The SMILES string of the molecule is CC(O)[C@H](NC(=O)[C@H](CCCCNC(=O)CC[C@H](NC(=O)CC[C@H](NC(=O)COCCOCCNC(=O)COCCOCCNC(=O)CC[C@H](NC(=O)CCC(NC(=O)CCCCCCCCCCCCCCCCC(=O)O)C(=O)O)C(=O)O)C(=O)O)C(=O)O)NI)C(N)=O. The molecule has 0 fully saturated rings. The van der Waals surface area contributed by atoms with Crippen LogP contribution >= 0.6 is 22.9 Å². The van der Waals surface area contributed by atoms with Crippen LogP contribution in [-0.4, -0.2) is 228 Å². The van der Waals surface area contributed by atoms with Crippen molar-refractivity contribution in [2.24, 2.45) is 5.73 Å². The minimum absolute atomic E-state index is 0.00311. The van der Waals surface area contributed by atoms with Crippen molar-refractivity contribution >= 4 is 106 Å². The fourth-order valence-corrected chi connectivity index (χ4v) is 9.59. The predicted molar refractivity (Wildman–Crippen MR) is 347 cm³/mol. The van der Waals surface area contributed by atoms with E-state index in [1.807, 2.05) is 0 Å². The Kier molecular flexibility index (Phi) is 52.2. The zero-order chi connectivity index (χ0) is 71.2. The lowest BCUT2D eigenvalue weighted by atomic mass is 10.0. The highest BCUT2D eigenvalue weighted by Crippen LogP contribution is 2.15. The first-order valence-electron chi connectivity index (χ1n) is 32.3. The number of halogens is 1. The van der Waals surface area contributed by atoms with Gasteiger partial charge in [-0.25, -0.2) is 22.7 Å². The van der Waals surface area contributed by atoms with Crippen molar-refractivity contribution < 1.29 is 117 Å². The van der Waals surface area contributed by atoms with Crippen molar-refractivity contribution in [1.82, 2.24) is 46.1 Å². The molecule has 0 bridgehead atoms. The number of unbranched alkanes of at least 4 members (excludes halogenated alkanes) is 14. The van der Waals surface area contributed by atoms with Gasteiger partial charge < -0.3 is 97.9 Å². The molecule has 0 aliphatic rings. The largest absolute Gasteiger partial charge is 0.481 e. The molecule has 0 radical (unpaired) electrons. The number of amides is 9. The van der Waals surface area contributed by atoms with Crippen LogP contribution in [0.1, 0.15) is 180 Å². The molecule has 2 unspecified atom stereocenters. The fourth-order valence-electron chi connectivity index (χ4n) is 8.99. The number of hydrogen-bond acceptors (Lipinski definition) is 20. The summed E-state index contributed by atoms with van der Waals surface area (Å²) in [6.45, 7) is 0.888. The summed E-state index contributed by atoms with van der Waals surface area (Å²) in [5.41, 5.74) is 5.21. The molecule has 0 saturated carbocycles. The molecule has 17 N–H and O–H groups in total. The van der Waals surface area contributed by atoms with Crippen molar-refractivity contribution in [2.75, 3.05) is 72.5 Å². The van der Waals surface area contributed by atoms with Gasteiger partial charge in [-0.05, 0) is 64.7 Å². The van der Waals surface area contributed by atoms with E-state index in [4.69, 9.17) is 29.8 Å². The zero-order valence-electron chi connectivity index (χ0n) is 54.4. The van der Waals surface area contributed by atoms with Crippen molar-refractivity contribution in [1.29, 1.82) is 0 Å². The second-order valence-corrected chi connectivity index (χ2v) is 23.1. The van der Waals surface area contributed by atoms with E-state index in [9.17, 15) is 92.7 Å². The minimum atomic E-state index is -1.53. The van der Waals surface area contributed by atoms with E-state index in [0.717, 1.165) is 57.8 Å². The number of aliphatic hydroxyl groups excluding tert-OH is 1. The summed E-state index contributed by atoms with van der Waals surface area (Å²) < 4.78 is 23.9. The molecule has 35 heteroatoms. The summed E-state index contributed by atoms with van der Waals surface area (Å²) in [5.74, 6) is -12.2. The van der Waals surface area contributed by atoms with Crippen LogP contribution < -0.4 is 51.8 Å². The average Bonchev–Trinajstić information content (AvgIpc) is 1.31. The molecule has 0 rings (SSSR count).